The van der Waals surface area contributed by atoms with Crippen molar-refractivity contribution in [3.05, 3.63) is 15.9 Å². The fourth-order valence-electron chi connectivity index (χ4n) is 1.62. The molecule has 16 heavy (non-hydrogen) atoms. The average Bonchev–Trinajstić information content (AvgIpc) is 2.46. The molecule has 0 radical (unpaired) electrons. The van der Waals surface area contributed by atoms with E-state index in [-0.39, 0.29) is 11.9 Å². The van der Waals surface area contributed by atoms with Gasteiger partial charge in [0.05, 0.1) is 0 Å². The predicted molar refractivity (Wildman–Crippen MR) is 62.6 cm³/mol. The molecule has 1 aromatic rings. The summed E-state index contributed by atoms with van der Waals surface area (Å²) < 4.78 is 1.71. The Bertz CT molecular complexity index is 386. The van der Waals surface area contributed by atoms with E-state index in [2.05, 4.69) is 17.2 Å². The highest BCUT2D eigenvalue weighted by atomic mass is 16.6. The van der Waals surface area contributed by atoms with E-state index in [9.17, 15) is 10.1 Å². The van der Waals surface area contributed by atoms with Gasteiger partial charge in [0.2, 0.25) is 11.6 Å². The molecular weight excluding hydrogens is 208 g/mol. The van der Waals surface area contributed by atoms with Crippen LogP contribution in [0.15, 0.2) is 0 Å². The molecule has 0 aliphatic carbocycles. The number of hydrogen-bond acceptors (Lipinski definition) is 4. The summed E-state index contributed by atoms with van der Waals surface area (Å²) in [6, 6.07) is 0.207. The molecule has 6 heteroatoms. The first-order valence-electron chi connectivity index (χ1n) is 5.41. The van der Waals surface area contributed by atoms with E-state index >= 15 is 0 Å². The van der Waals surface area contributed by atoms with Crippen LogP contribution in [0.3, 0.4) is 0 Å². The second-order valence-electron chi connectivity index (χ2n) is 3.98. The van der Waals surface area contributed by atoms with Gasteiger partial charge in [-0.05, 0) is 23.3 Å². The maximum absolute atomic E-state index is 10.8. The van der Waals surface area contributed by atoms with Crippen molar-refractivity contribution in [2.45, 2.75) is 39.7 Å². The van der Waals surface area contributed by atoms with Crippen molar-refractivity contribution < 1.29 is 4.92 Å². The van der Waals surface area contributed by atoms with Crippen molar-refractivity contribution in [3.63, 3.8) is 0 Å². The number of rotatable bonds is 5. The lowest BCUT2D eigenvalue weighted by molar-refractivity contribution is -0.388. The molecule has 0 spiro atoms. The maximum atomic E-state index is 10.8. The molecule has 0 aliphatic rings. The van der Waals surface area contributed by atoms with Crippen LogP contribution in [0.4, 0.5) is 11.6 Å². The molecule has 0 fully saturated rings. The van der Waals surface area contributed by atoms with E-state index in [4.69, 9.17) is 0 Å². The normalized spacial score (nSPS) is 12.5. The molecular formula is C10H18N4O2. The van der Waals surface area contributed by atoms with Gasteiger partial charge in [-0.2, -0.15) is 0 Å². The van der Waals surface area contributed by atoms with E-state index in [0.29, 0.717) is 11.6 Å². The smallest absolute Gasteiger partial charge is 0.362 e. The van der Waals surface area contributed by atoms with Crippen molar-refractivity contribution in [1.82, 2.24) is 9.55 Å². The SMILES string of the molecule is CCCC(C)Nc1c([N+](=O)[O-])nc(C)n1C. The zero-order valence-electron chi connectivity index (χ0n) is 10.1. The summed E-state index contributed by atoms with van der Waals surface area (Å²) in [7, 11) is 1.77. The lowest BCUT2D eigenvalue weighted by Crippen LogP contribution is -2.17. The summed E-state index contributed by atoms with van der Waals surface area (Å²) in [4.78, 5) is 14.3. The maximum Gasteiger partial charge on any atom is 0.406 e. The number of hydrogen-bond donors (Lipinski definition) is 1. The molecule has 1 N–H and O–H groups in total. The van der Waals surface area contributed by atoms with E-state index < -0.39 is 4.92 Å². The Morgan fingerprint density at radius 3 is 2.75 bits per heavy atom. The van der Waals surface area contributed by atoms with E-state index in [1.54, 1.807) is 18.5 Å². The Balaban J connectivity index is 2.97. The van der Waals surface area contributed by atoms with Gasteiger partial charge in [0, 0.05) is 20.0 Å². The van der Waals surface area contributed by atoms with E-state index in [0.717, 1.165) is 12.8 Å². The molecule has 1 rings (SSSR count). The zero-order chi connectivity index (χ0) is 12.3. The molecule has 1 heterocycles. The highest BCUT2D eigenvalue weighted by Crippen LogP contribution is 2.24. The van der Waals surface area contributed by atoms with Crippen molar-refractivity contribution in [2.24, 2.45) is 7.05 Å². The summed E-state index contributed by atoms with van der Waals surface area (Å²) in [6.07, 6.45) is 2.01. The van der Waals surface area contributed by atoms with Crippen LogP contribution in [0.5, 0.6) is 0 Å². The third-order valence-corrected chi connectivity index (χ3v) is 2.58. The number of aryl methyl sites for hydroxylation is 1. The van der Waals surface area contributed by atoms with Gasteiger partial charge in [-0.1, -0.05) is 13.3 Å². The fraction of sp³-hybridized carbons (Fsp3) is 0.700. The van der Waals surface area contributed by atoms with Crippen LogP contribution < -0.4 is 5.32 Å². The standard InChI is InChI=1S/C10H18N4O2/c1-5-6-7(2)11-9-10(14(15)16)12-8(3)13(9)4/h7,11H,5-6H2,1-4H3. The molecule has 1 aromatic heterocycles. The van der Waals surface area contributed by atoms with Gasteiger partial charge >= 0.3 is 5.82 Å². The van der Waals surface area contributed by atoms with Gasteiger partial charge in [-0.3, -0.25) is 4.57 Å². The third-order valence-electron chi connectivity index (χ3n) is 2.58. The molecule has 1 atom stereocenters. The van der Waals surface area contributed by atoms with E-state index in [1.807, 2.05) is 6.92 Å². The molecule has 0 amide bonds. The number of aromatic nitrogens is 2. The molecule has 0 bridgehead atoms. The molecule has 1 unspecified atom stereocenters. The molecule has 0 saturated carbocycles. The Morgan fingerprint density at radius 1 is 1.62 bits per heavy atom. The number of nitrogens with zero attached hydrogens (tertiary/aromatic N) is 3. The van der Waals surface area contributed by atoms with Crippen LogP contribution in [0.2, 0.25) is 0 Å². The van der Waals surface area contributed by atoms with Crippen LogP contribution in [0.25, 0.3) is 0 Å². The molecule has 0 aromatic carbocycles. The number of imidazole rings is 1. The molecule has 0 aliphatic heterocycles. The predicted octanol–water partition coefficient (Wildman–Crippen LogP) is 2.24. The summed E-state index contributed by atoms with van der Waals surface area (Å²) >= 11 is 0. The van der Waals surface area contributed by atoms with Gasteiger partial charge < -0.3 is 15.4 Å². The lowest BCUT2D eigenvalue weighted by Gasteiger charge is -2.13. The van der Waals surface area contributed by atoms with Crippen LogP contribution >= 0.6 is 0 Å². The topological polar surface area (TPSA) is 73.0 Å². The average molecular weight is 226 g/mol. The summed E-state index contributed by atoms with van der Waals surface area (Å²) in [5.74, 6) is 1.03. The minimum Gasteiger partial charge on any atom is -0.362 e. The monoisotopic (exact) mass is 226 g/mol. The summed E-state index contributed by atoms with van der Waals surface area (Å²) in [6.45, 7) is 5.85. The Labute approximate surface area is 94.8 Å². The molecule has 6 nitrogen and oxygen atoms in total. The van der Waals surface area contributed by atoms with Gasteiger partial charge in [0.1, 0.15) is 0 Å². The first-order valence-corrected chi connectivity index (χ1v) is 5.41. The van der Waals surface area contributed by atoms with Crippen molar-refractivity contribution in [2.75, 3.05) is 5.32 Å². The largest absolute Gasteiger partial charge is 0.406 e. The van der Waals surface area contributed by atoms with E-state index in [1.165, 1.54) is 0 Å². The fourth-order valence-corrected chi connectivity index (χ4v) is 1.62. The summed E-state index contributed by atoms with van der Waals surface area (Å²) in [5.41, 5.74) is 0. The number of nitrogens with one attached hydrogen (secondary N) is 1. The van der Waals surface area contributed by atoms with Crippen molar-refractivity contribution in [3.8, 4) is 0 Å². The minimum atomic E-state index is -0.450. The quantitative estimate of drug-likeness (QED) is 0.617. The Kier molecular flexibility index (Phi) is 3.87. The van der Waals surface area contributed by atoms with Gasteiger partial charge in [-0.15, -0.1) is 0 Å². The molecule has 90 valence electrons. The second kappa shape index (κ2) is 4.96. The Hall–Kier alpha value is -1.59. The van der Waals surface area contributed by atoms with Crippen LogP contribution in [-0.2, 0) is 7.05 Å². The van der Waals surface area contributed by atoms with Crippen molar-refractivity contribution >= 4 is 11.6 Å². The van der Waals surface area contributed by atoms with Crippen molar-refractivity contribution in [1.29, 1.82) is 0 Å². The number of nitro groups is 1. The summed E-state index contributed by atoms with van der Waals surface area (Å²) in [5, 5.41) is 14.0. The number of anilines is 1. The highest BCUT2D eigenvalue weighted by Gasteiger charge is 2.24. The third kappa shape index (κ3) is 2.50. The van der Waals surface area contributed by atoms with Crippen LogP contribution in [0, 0.1) is 17.0 Å². The zero-order valence-corrected chi connectivity index (χ0v) is 10.1. The first-order chi connectivity index (χ1) is 7.47. The van der Waals surface area contributed by atoms with Crippen LogP contribution in [0.1, 0.15) is 32.5 Å². The van der Waals surface area contributed by atoms with Crippen LogP contribution in [-0.4, -0.2) is 20.5 Å². The van der Waals surface area contributed by atoms with Gasteiger partial charge in [-0.25, -0.2) is 0 Å². The Morgan fingerprint density at radius 2 is 2.25 bits per heavy atom. The van der Waals surface area contributed by atoms with Gasteiger partial charge in [0.25, 0.3) is 0 Å². The lowest BCUT2D eigenvalue weighted by atomic mass is 10.2. The molecule has 0 saturated heterocycles. The highest BCUT2D eigenvalue weighted by molar-refractivity contribution is 5.53. The minimum absolute atomic E-state index is 0.0945. The van der Waals surface area contributed by atoms with Gasteiger partial charge in [0.15, 0.2) is 0 Å². The first kappa shape index (κ1) is 12.5. The second-order valence-corrected chi connectivity index (χ2v) is 3.98.